The lowest BCUT2D eigenvalue weighted by Crippen LogP contribution is -2.42. The fraction of sp³-hybridized carbons (Fsp3) is 0.750. The molecule has 1 unspecified atom stereocenters. The number of nitrogens with zero attached hydrogens (tertiary/aromatic N) is 1. The van der Waals surface area contributed by atoms with Crippen LogP contribution in [0.1, 0.15) is 60.4 Å². The zero-order valence-corrected chi connectivity index (χ0v) is 13.4. The molecule has 2 nitrogen and oxygen atoms in total. The molecule has 0 amide bonds. The second-order valence-corrected chi connectivity index (χ2v) is 7.20. The quantitative estimate of drug-likeness (QED) is 0.882. The molecule has 0 bridgehead atoms. The zero-order chi connectivity index (χ0) is 13.8. The van der Waals surface area contributed by atoms with Crippen molar-refractivity contribution in [2.45, 2.75) is 65.0 Å². The van der Waals surface area contributed by atoms with E-state index >= 15 is 0 Å². The van der Waals surface area contributed by atoms with Crippen LogP contribution in [0.4, 0.5) is 0 Å². The van der Waals surface area contributed by atoms with Gasteiger partial charge in [0.1, 0.15) is 0 Å². The Hall–Kier alpha value is -0.380. The van der Waals surface area contributed by atoms with Crippen molar-refractivity contribution >= 4 is 11.3 Å². The van der Waals surface area contributed by atoms with Crippen LogP contribution in [0.3, 0.4) is 0 Å². The summed E-state index contributed by atoms with van der Waals surface area (Å²) in [4.78, 5) is 5.51. The molecule has 1 heterocycles. The Balaban J connectivity index is 2.20. The van der Waals surface area contributed by atoms with E-state index < -0.39 is 0 Å². The van der Waals surface area contributed by atoms with E-state index in [4.69, 9.17) is 5.73 Å². The molecule has 0 radical (unpaired) electrons. The van der Waals surface area contributed by atoms with Crippen molar-refractivity contribution in [1.29, 1.82) is 0 Å². The molecule has 19 heavy (non-hydrogen) atoms. The van der Waals surface area contributed by atoms with Crippen LogP contribution in [0, 0.1) is 13.8 Å². The topological polar surface area (TPSA) is 29.3 Å². The summed E-state index contributed by atoms with van der Waals surface area (Å²) in [5.74, 6) is 0. The first kappa shape index (κ1) is 15.0. The number of hydrogen-bond acceptors (Lipinski definition) is 3. The van der Waals surface area contributed by atoms with Crippen molar-refractivity contribution < 1.29 is 0 Å². The van der Waals surface area contributed by atoms with Crippen molar-refractivity contribution in [1.82, 2.24) is 4.90 Å². The van der Waals surface area contributed by atoms with Crippen molar-refractivity contribution in [2.24, 2.45) is 5.73 Å². The molecular formula is C16H28N2S. The van der Waals surface area contributed by atoms with E-state index in [1.807, 2.05) is 11.3 Å². The minimum atomic E-state index is 0.415. The van der Waals surface area contributed by atoms with Crippen LogP contribution < -0.4 is 5.73 Å². The summed E-state index contributed by atoms with van der Waals surface area (Å²) in [6.07, 6.45) is 6.90. The molecule has 2 N–H and O–H groups in total. The van der Waals surface area contributed by atoms with Gasteiger partial charge in [-0.15, -0.1) is 11.3 Å². The smallest absolute Gasteiger partial charge is 0.0484 e. The van der Waals surface area contributed by atoms with Crippen LogP contribution in [0.5, 0.6) is 0 Å². The third kappa shape index (κ3) is 3.39. The Labute approximate surface area is 122 Å². The van der Waals surface area contributed by atoms with Crippen LogP contribution in [0.2, 0.25) is 0 Å². The van der Waals surface area contributed by atoms with Gasteiger partial charge < -0.3 is 5.73 Å². The number of nitrogens with two attached hydrogens (primary N) is 1. The van der Waals surface area contributed by atoms with Gasteiger partial charge in [-0.25, -0.2) is 0 Å². The van der Waals surface area contributed by atoms with Gasteiger partial charge in [-0.3, -0.25) is 4.90 Å². The molecule has 108 valence electrons. The molecule has 1 aromatic heterocycles. The third-order valence-electron chi connectivity index (χ3n) is 4.47. The molecule has 1 atom stereocenters. The van der Waals surface area contributed by atoms with E-state index in [-0.39, 0.29) is 0 Å². The highest BCUT2D eigenvalue weighted by atomic mass is 32.1. The minimum Gasteiger partial charge on any atom is -0.329 e. The molecule has 2 rings (SSSR count). The maximum Gasteiger partial charge on any atom is 0.0484 e. The summed E-state index contributed by atoms with van der Waals surface area (Å²) in [6.45, 7) is 8.57. The van der Waals surface area contributed by atoms with E-state index in [0.29, 0.717) is 6.04 Å². The van der Waals surface area contributed by atoms with Crippen molar-refractivity contribution in [2.75, 3.05) is 13.1 Å². The lowest BCUT2D eigenvalue weighted by atomic mass is 9.92. The molecule has 1 saturated carbocycles. The predicted molar refractivity (Wildman–Crippen MR) is 84.8 cm³/mol. The van der Waals surface area contributed by atoms with E-state index in [2.05, 4.69) is 31.7 Å². The third-order valence-corrected chi connectivity index (χ3v) is 5.45. The maximum atomic E-state index is 6.13. The average molecular weight is 280 g/mol. The molecular weight excluding hydrogens is 252 g/mol. The van der Waals surface area contributed by atoms with Gasteiger partial charge in [0.15, 0.2) is 0 Å². The summed E-state index contributed by atoms with van der Waals surface area (Å²) in [5, 5.41) is 0. The van der Waals surface area contributed by atoms with Crippen LogP contribution in [-0.2, 0) is 0 Å². The number of likely N-dealkylation sites (N-methyl/N-ethyl adjacent to an activating group) is 1. The van der Waals surface area contributed by atoms with Gasteiger partial charge in [-0.05, 0) is 44.9 Å². The van der Waals surface area contributed by atoms with Crippen molar-refractivity contribution in [3.8, 4) is 0 Å². The highest BCUT2D eigenvalue weighted by Crippen LogP contribution is 2.33. The summed E-state index contributed by atoms with van der Waals surface area (Å²) >= 11 is 1.91. The van der Waals surface area contributed by atoms with Crippen LogP contribution >= 0.6 is 11.3 Å². The fourth-order valence-electron chi connectivity index (χ4n) is 3.57. The number of rotatable bonds is 5. The van der Waals surface area contributed by atoms with E-state index in [1.165, 1.54) is 47.4 Å². The fourth-order valence-corrected chi connectivity index (χ4v) is 4.55. The molecule has 0 spiro atoms. The van der Waals surface area contributed by atoms with Gasteiger partial charge in [0.05, 0.1) is 0 Å². The predicted octanol–water partition coefficient (Wildman–Crippen LogP) is 4.02. The second kappa shape index (κ2) is 6.87. The van der Waals surface area contributed by atoms with Gasteiger partial charge in [0.2, 0.25) is 0 Å². The molecule has 1 aliphatic carbocycles. The minimum absolute atomic E-state index is 0.415. The average Bonchev–Trinajstić information content (AvgIpc) is 2.75. The van der Waals surface area contributed by atoms with Crippen LogP contribution in [-0.4, -0.2) is 24.0 Å². The SMILES string of the molecule is CCN(C1CCCCC1)C(CN)c1cc(C)sc1C. The first-order valence-corrected chi connectivity index (χ1v) is 8.51. The Morgan fingerprint density at radius 2 is 2.00 bits per heavy atom. The molecule has 0 saturated heterocycles. The van der Waals surface area contributed by atoms with Gasteiger partial charge in [0, 0.05) is 28.4 Å². The van der Waals surface area contributed by atoms with Gasteiger partial charge >= 0.3 is 0 Å². The number of thiophene rings is 1. The second-order valence-electron chi connectivity index (χ2n) is 5.74. The first-order valence-electron chi connectivity index (χ1n) is 7.70. The van der Waals surface area contributed by atoms with Gasteiger partial charge in [-0.2, -0.15) is 0 Å². The summed E-state index contributed by atoms with van der Waals surface area (Å²) in [6, 6.07) is 3.51. The normalized spacial score (nSPS) is 19.0. The molecule has 1 fully saturated rings. The summed E-state index contributed by atoms with van der Waals surface area (Å²) < 4.78 is 0. The van der Waals surface area contributed by atoms with Crippen LogP contribution in [0.15, 0.2) is 6.07 Å². The molecule has 0 aromatic carbocycles. The Morgan fingerprint density at radius 3 is 2.47 bits per heavy atom. The van der Waals surface area contributed by atoms with Crippen molar-refractivity contribution in [3.05, 3.63) is 21.4 Å². The highest BCUT2D eigenvalue weighted by Gasteiger charge is 2.28. The lowest BCUT2D eigenvalue weighted by Gasteiger charge is -2.39. The summed E-state index contributed by atoms with van der Waals surface area (Å²) in [7, 11) is 0. The number of aryl methyl sites for hydroxylation is 2. The van der Waals surface area contributed by atoms with Crippen molar-refractivity contribution in [3.63, 3.8) is 0 Å². The van der Waals surface area contributed by atoms with E-state index in [0.717, 1.165) is 19.1 Å². The zero-order valence-electron chi connectivity index (χ0n) is 12.6. The van der Waals surface area contributed by atoms with E-state index in [1.54, 1.807) is 0 Å². The Morgan fingerprint density at radius 1 is 1.32 bits per heavy atom. The van der Waals surface area contributed by atoms with Crippen LogP contribution in [0.25, 0.3) is 0 Å². The largest absolute Gasteiger partial charge is 0.329 e. The highest BCUT2D eigenvalue weighted by molar-refractivity contribution is 7.12. The van der Waals surface area contributed by atoms with Gasteiger partial charge in [0.25, 0.3) is 0 Å². The van der Waals surface area contributed by atoms with Gasteiger partial charge in [-0.1, -0.05) is 26.2 Å². The standard InChI is InChI=1S/C16H28N2S/c1-4-18(14-8-6-5-7-9-14)16(11-17)15-10-12(2)19-13(15)3/h10,14,16H,4-9,11,17H2,1-3H3. The first-order chi connectivity index (χ1) is 9.17. The number of hydrogen-bond donors (Lipinski definition) is 1. The molecule has 1 aromatic rings. The molecule has 3 heteroatoms. The molecule has 1 aliphatic rings. The molecule has 0 aliphatic heterocycles. The summed E-state index contributed by atoms with van der Waals surface area (Å²) in [5.41, 5.74) is 7.60. The monoisotopic (exact) mass is 280 g/mol. The Bertz CT molecular complexity index is 393. The maximum absolute atomic E-state index is 6.13. The van der Waals surface area contributed by atoms with E-state index in [9.17, 15) is 0 Å². The lowest BCUT2D eigenvalue weighted by molar-refractivity contribution is 0.113. The Kier molecular flexibility index (Phi) is 5.43.